The molecule has 1 heterocycles. The van der Waals surface area contributed by atoms with Crippen molar-refractivity contribution in [3.05, 3.63) is 64.3 Å². The molecule has 0 radical (unpaired) electrons. The second-order valence-electron chi connectivity index (χ2n) is 6.17. The topological polar surface area (TPSA) is 48.3 Å². The van der Waals surface area contributed by atoms with Crippen molar-refractivity contribution in [1.82, 2.24) is 9.55 Å². The highest BCUT2D eigenvalue weighted by molar-refractivity contribution is 6.42. The molecule has 0 fully saturated rings. The summed E-state index contributed by atoms with van der Waals surface area (Å²) in [5.41, 5.74) is 3.10. The number of halogens is 2. The molecule has 0 bridgehead atoms. The number of methoxy groups -OCH3 is 1. The summed E-state index contributed by atoms with van der Waals surface area (Å²) < 4.78 is 12.9. The number of anilines is 1. The zero-order valence-electron chi connectivity index (χ0n) is 15.9. The molecule has 0 saturated heterocycles. The quantitative estimate of drug-likeness (QED) is 0.496. The minimum absolute atomic E-state index is 0.541. The van der Waals surface area contributed by atoms with Gasteiger partial charge in [-0.3, -0.25) is 0 Å². The largest absolute Gasteiger partial charge is 0.494 e. The van der Waals surface area contributed by atoms with Gasteiger partial charge < -0.3 is 19.4 Å². The van der Waals surface area contributed by atoms with Crippen molar-refractivity contribution in [2.45, 2.75) is 20.0 Å². The van der Waals surface area contributed by atoms with Crippen LogP contribution in [0.3, 0.4) is 0 Å². The second-order valence-corrected chi connectivity index (χ2v) is 6.99. The lowest BCUT2D eigenvalue weighted by Crippen LogP contribution is -2.11. The first-order valence-electron chi connectivity index (χ1n) is 9.08. The Morgan fingerprint density at radius 1 is 1.07 bits per heavy atom. The summed E-state index contributed by atoms with van der Waals surface area (Å²) in [4.78, 5) is 4.57. The molecule has 0 saturated carbocycles. The summed E-state index contributed by atoms with van der Waals surface area (Å²) >= 11 is 12.1. The van der Waals surface area contributed by atoms with Crippen molar-refractivity contribution in [3.8, 4) is 17.0 Å². The van der Waals surface area contributed by atoms with Crippen LogP contribution in [0.2, 0.25) is 10.0 Å². The van der Waals surface area contributed by atoms with Crippen LogP contribution in [-0.2, 0) is 17.8 Å². The first kappa shape index (κ1) is 20.5. The van der Waals surface area contributed by atoms with Crippen LogP contribution in [0.1, 0.15) is 12.5 Å². The fraction of sp³-hybridized carbons (Fsp3) is 0.286. The van der Waals surface area contributed by atoms with Crippen LogP contribution in [0, 0.1) is 0 Å². The van der Waals surface area contributed by atoms with E-state index in [0.29, 0.717) is 36.3 Å². The molecular formula is C21H23Cl2N3O2. The van der Waals surface area contributed by atoms with Crippen molar-refractivity contribution in [1.29, 1.82) is 0 Å². The van der Waals surface area contributed by atoms with E-state index < -0.39 is 0 Å². The molecular weight excluding hydrogens is 397 g/mol. The maximum atomic E-state index is 6.11. The Morgan fingerprint density at radius 3 is 2.54 bits per heavy atom. The molecule has 0 unspecified atom stereocenters. The minimum Gasteiger partial charge on any atom is -0.494 e. The van der Waals surface area contributed by atoms with Gasteiger partial charge in [-0.05, 0) is 48.9 Å². The van der Waals surface area contributed by atoms with Crippen molar-refractivity contribution in [2.75, 3.05) is 25.6 Å². The molecule has 28 heavy (non-hydrogen) atoms. The first-order valence-corrected chi connectivity index (χ1v) is 9.83. The molecule has 1 aromatic heterocycles. The van der Waals surface area contributed by atoms with Gasteiger partial charge in [-0.2, -0.15) is 0 Å². The summed E-state index contributed by atoms with van der Waals surface area (Å²) in [6.07, 6.45) is 1.86. The maximum absolute atomic E-state index is 6.11. The third-order valence-electron chi connectivity index (χ3n) is 4.27. The first-order chi connectivity index (χ1) is 13.6. The normalized spacial score (nSPS) is 10.9. The monoisotopic (exact) mass is 419 g/mol. The van der Waals surface area contributed by atoms with Crippen molar-refractivity contribution < 1.29 is 9.47 Å². The average molecular weight is 420 g/mol. The molecule has 0 aliphatic rings. The zero-order valence-corrected chi connectivity index (χ0v) is 17.4. The Labute approximate surface area is 175 Å². The summed E-state index contributed by atoms with van der Waals surface area (Å²) in [5, 5.41) is 4.46. The fourth-order valence-corrected chi connectivity index (χ4v) is 3.20. The van der Waals surface area contributed by atoms with E-state index >= 15 is 0 Å². The summed E-state index contributed by atoms with van der Waals surface area (Å²) in [6.45, 7) is 4.47. The van der Waals surface area contributed by atoms with Crippen molar-refractivity contribution in [2.24, 2.45) is 0 Å². The number of hydrogen-bond donors (Lipinski definition) is 1. The predicted octanol–water partition coefficient (Wildman–Crippen LogP) is 5.51. The lowest BCUT2D eigenvalue weighted by molar-refractivity contribution is 0.188. The Balaban J connectivity index is 1.81. The van der Waals surface area contributed by atoms with Gasteiger partial charge in [0.1, 0.15) is 5.75 Å². The molecule has 0 spiro atoms. The summed E-state index contributed by atoms with van der Waals surface area (Å²) in [6, 6.07) is 13.6. The van der Waals surface area contributed by atoms with E-state index in [1.165, 1.54) is 0 Å². The van der Waals surface area contributed by atoms with E-state index in [0.717, 1.165) is 28.5 Å². The molecule has 5 nitrogen and oxygen atoms in total. The number of aromatic nitrogens is 2. The van der Waals surface area contributed by atoms with Gasteiger partial charge in [0.05, 0.1) is 35.1 Å². The maximum Gasteiger partial charge on any atom is 0.203 e. The van der Waals surface area contributed by atoms with Gasteiger partial charge in [-0.15, -0.1) is 0 Å². The van der Waals surface area contributed by atoms with Crippen LogP contribution in [0.25, 0.3) is 11.3 Å². The van der Waals surface area contributed by atoms with E-state index in [4.69, 9.17) is 32.7 Å². The number of imidazole rings is 1. The van der Waals surface area contributed by atoms with E-state index in [1.807, 2.05) is 49.5 Å². The van der Waals surface area contributed by atoms with Crippen LogP contribution in [0.15, 0.2) is 48.7 Å². The van der Waals surface area contributed by atoms with Crippen LogP contribution in [0.5, 0.6) is 5.75 Å². The molecule has 2 aromatic carbocycles. The lowest BCUT2D eigenvalue weighted by Gasteiger charge is -2.13. The molecule has 0 atom stereocenters. The van der Waals surface area contributed by atoms with E-state index in [1.54, 1.807) is 13.2 Å². The Hall–Kier alpha value is -2.21. The summed E-state index contributed by atoms with van der Waals surface area (Å²) in [5.74, 6) is 1.62. The van der Waals surface area contributed by atoms with E-state index in [2.05, 4.69) is 14.9 Å². The molecule has 7 heteroatoms. The zero-order chi connectivity index (χ0) is 19.9. The highest BCUT2D eigenvalue weighted by Gasteiger charge is 2.12. The van der Waals surface area contributed by atoms with Crippen molar-refractivity contribution in [3.63, 3.8) is 0 Å². The van der Waals surface area contributed by atoms with E-state index in [9.17, 15) is 0 Å². The molecule has 3 aromatic rings. The molecule has 148 valence electrons. The van der Waals surface area contributed by atoms with E-state index in [-0.39, 0.29) is 0 Å². The average Bonchev–Trinajstić information content (AvgIpc) is 3.11. The molecule has 0 amide bonds. The van der Waals surface area contributed by atoms with Gasteiger partial charge in [-0.25, -0.2) is 4.98 Å². The smallest absolute Gasteiger partial charge is 0.203 e. The third kappa shape index (κ3) is 4.98. The number of nitrogens with one attached hydrogen (secondary N) is 1. The van der Waals surface area contributed by atoms with Gasteiger partial charge in [-0.1, -0.05) is 29.3 Å². The molecule has 0 aliphatic heterocycles. The van der Waals surface area contributed by atoms with Gasteiger partial charge in [0.2, 0.25) is 5.95 Å². The highest BCUT2D eigenvalue weighted by Crippen LogP contribution is 2.27. The molecule has 3 rings (SSSR count). The van der Waals surface area contributed by atoms with Gasteiger partial charge in [0, 0.05) is 25.8 Å². The summed E-state index contributed by atoms with van der Waals surface area (Å²) in [7, 11) is 1.69. The van der Waals surface area contributed by atoms with Crippen LogP contribution >= 0.6 is 23.2 Å². The minimum atomic E-state index is 0.541. The lowest BCUT2D eigenvalue weighted by atomic mass is 10.1. The second kappa shape index (κ2) is 9.82. The van der Waals surface area contributed by atoms with Crippen LogP contribution < -0.4 is 10.1 Å². The number of ether oxygens (including phenoxy) is 2. The molecule has 1 N–H and O–H groups in total. The van der Waals surface area contributed by atoms with Crippen LogP contribution in [-0.4, -0.2) is 29.9 Å². The number of benzene rings is 2. The predicted molar refractivity (Wildman–Crippen MR) is 114 cm³/mol. The van der Waals surface area contributed by atoms with Gasteiger partial charge in [0.25, 0.3) is 0 Å². The Morgan fingerprint density at radius 2 is 1.86 bits per heavy atom. The fourth-order valence-electron chi connectivity index (χ4n) is 2.88. The number of rotatable bonds is 9. The molecule has 0 aliphatic carbocycles. The van der Waals surface area contributed by atoms with Crippen LogP contribution in [0.4, 0.5) is 5.95 Å². The standard InChI is InChI=1S/C21H23Cl2N3O2/c1-3-28-17-7-5-16(6-8-17)20-14-25-21(26(20)10-11-27-2)24-13-15-4-9-18(22)19(23)12-15/h4-9,12,14H,3,10-11,13H2,1-2H3,(H,24,25). The number of nitrogens with zero attached hydrogens (tertiary/aromatic N) is 2. The van der Waals surface area contributed by atoms with Gasteiger partial charge in [0.15, 0.2) is 0 Å². The van der Waals surface area contributed by atoms with Gasteiger partial charge >= 0.3 is 0 Å². The number of hydrogen-bond acceptors (Lipinski definition) is 4. The SMILES string of the molecule is CCOc1ccc(-c2cnc(NCc3ccc(Cl)c(Cl)c3)n2CCOC)cc1. The Kier molecular flexibility index (Phi) is 7.20. The third-order valence-corrected chi connectivity index (χ3v) is 5.01. The highest BCUT2D eigenvalue weighted by atomic mass is 35.5. The Bertz CT molecular complexity index is 911. The van der Waals surface area contributed by atoms with Crippen molar-refractivity contribution >= 4 is 29.2 Å².